The molecule has 0 spiro atoms. The van der Waals surface area contributed by atoms with Gasteiger partial charge in [-0.3, -0.25) is 4.79 Å². The van der Waals surface area contributed by atoms with Gasteiger partial charge in [0, 0.05) is 11.4 Å². The summed E-state index contributed by atoms with van der Waals surface area (Å²) in [5.74, 6) is 0.595. The lowest BCUT2D eigenvalue weighted by molar-refractivity contribution is -0.880. The molecule has 0 unspecified atom stereocenters. The molecule has 30 heavy (non-hydrogen) atoms. The van der Waals surface area contributed by atoms with Crippen LogP contribution in [0.25, 0.3) is 10.8 Å². The molecule has 2 N–H and O–H groups in total. The van der Waals surface area contributed by atoms with E-state index in [1.165, 1.54) is 5.69 Å². The van der Waals surface area contributed by atoms with E-state index in [0.717, 1.165) is 54.0 Å². The smallest absolute Gasteiger partial charge is 0.231 e. The molecule has 0 aromatic heterocycles. The Morgan fingerprint density at radius 3 is 2.37 bits per heavy atom. The molecule has 1 fully saturated rings. The number of anilines is 2. The minimum Gasteiger partial charge on any atom is -0.497 e. The molecule has 0 bridgehead atoms. The van der Waals surface area contributed by atoms with Crippen molar-refractivity contribution in [2.45, 2.75) is 12.8 Å². The molecule has 4 rings (SSSR count). The van der Waals surface area contributed by atoms with Gasteiger partial charge in [-0.2, -0.15) is 0 Å². The lowest BCUT2D eigenvalue weighted by atomic mass is 9.97. The van der Waals surface area contributed by atoms with Crippen molar-refractivity contribution in [3.63, 3.8) is 0 Å². The average molecular weight is 405 g/mol. The first-order valence-corrected chi connectivity index (χ1v) is 10.6. The second kappa shape index (κ2) is 8.76. The first-order valence-electron chi connectivity index (χ1n) is 10.6. The largest absolute Gasteiger partial charge is 0.497 e. The number of hydrogen-bond acceptors (Lipinski definition) is 3. The molecule has 0 radical (unpaired) electrons. The second-order valence-electron chi connectivity index (χ2n) is 8.17. The number of carbonyl (C=O) groups is 1. The highest BCUT2D eigenvalue weighted by molar-refractivity contribution is 5.96. The lowest BCUT2D eigenvalue weighted by Gasteiger charge is -2.31. The molecule has 5 nitrogen and oxygen atoms in total. The molecule has 3 aromatic rings. The minimum absolute atomic E-state index is 0.00110. The Balaban J connectivity index is 1.42. The van der Waals surface area contributed by atoms with Crippen LogP contribution in [0.1, 0.15) is 18.4 Å². The number of hydrogen-bond donors (Lipinski definition) is 2. The van der Waals surface area contributed by atoms with E-state index in [2.05, 4.69) is 35.5 Å². The molecule has 1 aliphatic heterocycles. The molecule has 1 amide bonds. The van der Waals surface area contributed by atoms with Crippen LogP contribution < -0.4 is 19.9 Å². The summed E-state index contributed by atoms with van der Waals surface area (Å²) in [7, 11) is 3.91. The average Bonchev–Trinajstić information content (AvgIpc) is 2.79. The summed E-state index contributed by atoms with van der Waals surface area (Å²) in [6.45, 7) is 6.41. The molecule has 1 heterocycles. The number of nitrogens with zero attached hydrogens (tertiary/aromatic N) is 1. The zero-order valence-corrected chi connectivity index (χ0v) is 17.9. The van der Waals surface area contributed by atoms with Gasteiger partial charge in [-0.25, -0.2) is 0 Å². The zero-order chi connectivity index (χ0) is 21.1. The second-order valence-corrected chi connectivity index (χ2v) is 8.17. The predicted molar refractivity (Wildman–Crippen MR) is 123 cm³/mol. The van der Waals surface area contributed by atoms with Crippen molar-refractivity contribution < 1.29 is 14.4 Å². The Kier molecular flexibility index (Phi) is 5.91. The topological polar surface area (TPSA) is 46.0 Å². The van der Waals surface area contributed by atoms with Crippen LogP contribution in [-0.2, 0) is 4.79 Å². The maximum Gasteiger partial charge on any atom is 0.231 e. The first kappa shape index (κ1) is 20.2. The maximum absolute atomic E-state index is 12.8. The Morgan fingerprint density at radius 2 is 1.67 bits per heavy atom. The van der Waals surface area contributed by atoms with Crippen molar-refractivity contribution in [3.05, 3.63) is 66.2 Å². The van der Waals surface area contributed by atoms with Crippen molar-refractivity contribution in [2.24, 2.45) is 0 Å². The third-order valence-electron chi connectivity index (χ3n) is 6.08. The summed E-state index contributed by atoms with van der Waals surface area (Å²) >= 11 is 0. The van der Waals surface area contributed by atoms with Gasteiger partial charge in [0.05, 0.1) is 46.3 Å². The van der Waals surface area contributed by atoms with Crippen LogP contribution in [-0.4, -0.2) is 46.2 Å². The van der Waals surface area contributed by atoms with Gasteiger partial charge in [-0.1, -0.05) is 24.3 Å². The summed E-state index contributed by atoms with van der Waals surface area (Å²) < 4.78 is 5.29. The molecular formula is C25H30N3O2+. The molecule has 1 saturated heterocycles. The van der Waals surface area contributed by atoms with E-state index in [0.29, 0.717) is 0 Å². The fourth-order valence-electron chi connectivity index (χ4n) is 3.94. The summed E-state index contributed by atoms with van der Waals surface area (Å²) in [5.41, 5.74) is 3.06. The molecule has 0 saturated carbocycles. The standard InChI is InChI=1S/C25H29N3O2/c1-18(19-4-5-21-17-24(30-3)11-6-20(21)16-19)25(29)26-22-7-9-23(10-8-22)28-14-12-27(2)13-15-28/h4-11,16-18H,12-15H2,1-3H3,(H,26,29)/p+1/t18-/m1/s1. The van der Waals surface area contributed by atoms with Gasteiger partial charge in [0.1, 0.15) is 5.75 Å². The highest BCUT2D eigenvalue weighted by Crippen LogP contribution is 2.26. The van der Waals surface area contributed by atoms with Gasteiger partial charge < -0.3 is 19.9 Å². The van der Waals surface area contributed by atoms with Crippen LogP contribution in [0.5, 0.6) is 5.75 Å². The van der Waals surface area contributed by atoms with Crippen LogP contribution in [0.2, 0.25) is 0 Å². The molecule has 3 aromatic carbocycles. The summed E-state index contributed by atoms with van der Waals surface area (Å²) in [4.78, 5) is 16.8. The molecule has 1 atom stereocenters. The quantitative estimate of drug-likeness (QED) is 0.687. The number of rotatable bonds is 5. The Morgan fingerprint density at radius 1 is 1.00 bits per heavy atom. The van der Waals surface area contributed by atoms with Crippen LogP contribution in [0.3, 0.4) is 0 Å². The van der Waals surface area contributed by atoms with E-state index in [-0.39, 0.29) is 11.8 Å². The number of ether oxygens (including phenoxy) is 1. The van der Waals surface area contributed by atoms with Crippen LogP contribution in [0.15, 0.2) is 60.7 Å². The maximum atomic E-state index is 12.8. The molecule has 5 heteroatoms. The number of benzene rings is 3. The van der Waals surface area contributed by atoms with Crippen molar-refractivity contribution in [1.82, 2.24) is 0 Å². The SMILES string of the molecule is COc1ccc2cc([C@@H](C)C(=O)Nc3ccc(N4CC[NH+](C)CC4)cc3)ccc2c1. The fourth-order valence-corrected chi connectivity index (χ4v) is 3.94. The first-order chi connectivity index (χ1) is 14.5. The van der Waals surface area contributed by atoms with Crippen molar-refractivity contribution >= 4 is 28.1 Å². The number of quaternary nitrogens is 1. The fraction of sp³-hybridized carbons (Fsp3) is 0.320. The highest BCUT2D eigenvalue weighted by Gasteiger charge is 2.18. The van der Waals surface area contributed by atoms with E-state index < -0.39 is 0 Å². The van der Waals surface area contributed by atoms with Crippen LogP contribution >= 0.6 is 0 Å². The van der Waals surface area contributed by atoms with Gasteiger partial charge in [0.25, 0.3) is 0 Å². The van der Waals surface area contributed by atoms with E-state index in [1.807, 2.05) is 49.4 Å². The van der Waals surface area contributed by atoms with Gasteiger partial charge in [0.2, 0.25) is 5.91 Å². The third kappa shape index (κ3) is 4.41. The number of nitrogens with one attached hydrogen (secondary N) is 2. The van der Waals surface area contributed by atoms with E-state index in [9.17, 15) is 4.79 Å². The summed E-state index contributed by atoms with van der Waals surface area (Å²) in [6.07, 6.45) is 0. The minimum atomic E-state index is -0.239. The molecular weight excluding hydrogens is 374 g/mol. The van der Waals surface area contributed by atoms with Crippen LogP contribution in [0.4, 0.5) is 11.4 Å². The van der Waals surface area contributed by atoms with Gasteiger partial charge >= 0.3 is 0 Å². The molecule has 156 valence electrons. The number of carbonyl (C=O) groups excluding carboxylic acids is 1. The number of methoxy groups -OCH3 is 1. The number of amides is 1. The van der Waals surface area contributed by atoms with Crippen LogP contribution in [0, 0.1) is 0 Å². The van der Waals surface area contributed by atoms with Gasteiger partial charge in [-0.05, 0) is 59.7 Å². The van der Waals surface area contributed by atoms with Crippen molar-refractivity contribution in [2.75, 3.05) is 50.6 Å². The predicted octanol–water partition coefficient (Wildman–Crippen LogP) is 2.93. The Labute approximate surface area is 178 Å². The van der Waals surface area contributed by atoms with Gasteiger partial charge in [0.15, 0.2) is 0 Å². The van der Waals surface area contributed by atoms with Gasteiger partial charge in [-0.15, -0.1) is 0 Å². The summed E-state index contributed by atoms with van der Waals surface area (Å²) in [6, 6.07) is 20.3. The number of likely N-dealkylation sites (N-methyl/N-ethyl adjacent to an activating group) is 1. The number of fused-ring (bicyclic) bond motifs is 1. The Hall–Kier alpha value is -3.05. The summed E-state index contributed by atoms with van der Waals surface area (Å²) in [5, 5.41) is 5.27. The molecule has 0 aliphatic carbocycles. The number of piperazine rings is 1. The third-order valence-corrected chi connectivity index (χ3v) is 6.08. The Bertz CT molecular complexity index is 1020. The molecule has 1 aliphatic rings. The van der Waals surface area contributed by atoms with E-state index in [1.54, 1.807) is 12.0 Å². The zero-order valence-electron chi connectivity index (χ0n) is 17.9. The normalized spacial score (nSPS) is 15.8. The van der Waals surface area contributed by atoms with E-state index >= 15 is 0 Å². The van der Waals surface area contributed by atoms with E-state index in [4.69, 9.17) is 4.74 Å². The monoisotopic (exact) mass is 404 g/mol. The lowest BCUT2D eigenvalue weighted by Crippen LogP contribution is -3.12. The highest BCUT2D eigenvalue weighted by atomic mass is 16.5. The van der Waals surface area contributed by atoms with Crippen molar-refractivity contribution in [1.29, 1.82) is 0 Å². The van der Waals surface area contributed by atoms with Crippen molar-refractivity contribution in [3.8, 4) is 5.75 Å².